The molecule has 1 atom stereocenters. The lowest BCUT2D eigenvalue weighted by atomic mass is 9.97. The number of ether oxygens (including phenoxy) is 2. The normalized spacial score (nSPS) is 18.4. The van der Waals surface area contributed by atoms with Crippen molar-refractivity contribution in [3.8, 4) is 11.5 Å². The first-order valence-electron chi connectivity index (χ1n) is 9.80. The lowest BCUT2D eigenvalue weighted by Gasteiger charge is -2.31. The van der Waals surface area contributed by atoms with E-state index in [2.05, 4.69) is 5.32 Å². The average molecular weight is 435 g/mol. The maximum Gasteiger partial charge on any atom is 0.263 e. The third-order valence-corrected chi connectivity index (χ3v) is 6.32. The maximum atomic E-state index is 12.6. The van der Waals surface area contributed by atoms with E-state index in [1.807, 2.05) is 29.6 Å². The summed E-state index contributed by atoms with van der Waals surface area (Å²) in [7, 11) is 0. The van der Waals surface area contributed by atoms with E-state index in [9.17, 15) is 9.59 Å². The topological polar surface area (TPSA) is 67.9 Å². The highest BCUT2D eigenvalue weighted by Gasteiger charge is 2.29. The third-order valence-electron chi connectivity index (χ3n) is 5.18. The fraction of sp³-hybridized carbons (Fsp3) is 0.429. The van der Waals surface area contributed by atoms with E-state index in [1.54, 1.807) is 4.90 Å². The minimum absolute atomic E-state index is 0.00248. The molecule has 2 aliphatic rings. The van der Waals surface area contributed by atoms with Gasteiger partial charge in [-0.2, -0.15) is 0 Å². The summed E-state index contributed by atoms with van der Waals surface area (Å²) in [5.41, 5.74) is 0.984. The summed E-state index contributed by atoms with van der Waals surface area (Å²) in [5.74, 6) is 1.08. The van der Waals surface area contributed by atoms with Crippen molar-refractivity contribution in [2.75, 3.05) is 32.8 Å². The second-order valence-electron chi connectivity index (χ2n) is 7.21. The van der Waals surface area contributed by atoms with Gasteiger partial charge in [0, 0.05) is 19.6 Å². The quantitative estimate of drug-likeness (QED) is 0.783. The van der Waals surface area contributed by atoms with Crippen LogP contribution in [-0.2, 0) is 11.2 Å². The fourth-order valence-corrected chi connectivity index (χ4v) is 4.69. The molecule has 0 aliphatic carbocycles. The second-order valence-corrected chi connectivity index (χ2v) is 8.57. The first kappa shape index (κ1) is 20.0. The molecule has 2 amide bonds. The van der Waals surface area contributed by atoms with Crippen LogP contribution >= 0.6 is 22.9 Å². The minimum Gasteiger partial charge on any atom is -0.486 e. The Labute approximate surface area is 178 Å². The molecule has 4 rings (SSSR count). The Kier molecular flexibility index (Phi) is 6.25. The number of carbonyl (C=O) groups is 2. The third kappa shape index (κ3) is 4.67. The van der Waals surface area contributed by atoms with Crippen LogP contribution in [0.3, 0.4) is 0 Å². The Bertz CT molecular complexity index is 887. The van der Waals surface area contributed by atoms with Crippen LogP contribution in [-0.4, -0.2) is 49.6 Å². The summed E-state index contributed by atoms with van der Waals surface area (Å²) < 4.78 is 11.1. The molecule has 8 heteroatoms. The molecule has 1 aromatic carbocycles. The first-order chi connectivity index (χ1) is 14.1. The maximum absolute atomic E-state index is 12.6. The van der Waals surface area contributed by atoms with Gasteiger partial charge in [-0.05, 0) is 48.4 Å². The molecule has 0 saturated carbocycles. The van der Waals surface area contributed by atoms with Gasteiger partial charge < -0.3 is 19.7 Å². The minimum atomic E-state index is -0.170. The van der Waals surface area contributed by atoms with Crippen molar-refractivity contribution in [2.45, 2.75) is 19.3 Å². The molecule has 0 radical (unpaired) electrons. The highest BCUT2D eigenvalue weighted by Crippen LogP contribution is 2.38. The standard InChI is InChI=1S/C21H23ClN2O4S/c22-16-11-14(12-17-19(16)28-9-8-27-17)5-6-23-20(25)15-3-1-7-24(13-15)21(26)18-4-2-10-29-18/h2,4,10-12,15H,1,3,5-9,13H2,(H,23,25)/t15-/m1/s1. The molecule has 2 aromatic rings. The van der Waals surface area contributed by atoms with Crippen LogP contribution in [0.5, 0.6) is 11.5 Å². The Balaban J connectivity index is 1.29. The Morgan fingerprint density at radius 1 is 1.28 bits per heavy atom. The molecule has 0 spiro atoms. The number of fused-ring (bicyclic) bond motifs is 1. The van der Waals surface area contributed by atoms with E-state index < -0.39 is 0 Å². The second kappa shape index (κ2) is 9.05. The number of nitrogens with one attached hydrogen (secondary N) is 1. The van der Waals surface area contributed by atoms with Crippen molar-refractivity contribution in [1.82, 2.24) is 10.2 Å². The lowest BCUT2D eigenvalue weighted by molar-refractivity contribution is -0.126. The number of amides is 2. The van der Waals surface area contributed by atoms with Crippen molar-refractivity contribution in [1.29, 1.82) is 0 Å². The molecule has 1 saturated heterocycles. The molecule has 1 fully saturated rings. The number of rotatable bonds is 5. The van der Waals surface area contributed by atoms with Gasteiger partial charge in [-0.1, -0.05) is 17.7 Å². The number of piperidine rings is 1. The fourth-order valence-electron chi connectivity index (χ4n) is 3.71. The van der Waals surface area contributed by atoms with E-state index in [-0.39, 0.29) is 17.7 Å². The van der Waals surface area contributed by atoms with Crippen LogP contribution in [0.1, 0.15) is 28.1 Å². The number of hydrogen-bond donors (Lipinski definition) is 1. The molecule has 2 aliphatic heterocycles. The van der Waals surface area contributed by atoms with E-state index in [4.69, 9.17) is 21.1 Å². The first-order valence-corrected chi connectivity index (χ1v) is 11.1. The Morgan fingerprint density at radius 3 is 2.97 bits per heavy atom. The predicted molar refractivity (Wildman–Crippen MR) is 112 cm³/mol. The van der Waals surface area contributed by atoms with Gasteiger partial charge in [0.25, 0.3) is 5.91 Å². The van der Waals surface area contributed by atoms with Crippen molar-refractivity contribution < 1.29 is 19.1 Å². The molecule has 1 N–H and O–H groups in total. The van der Waals surface area contributed by atoms with E-state index in [0.29, 0.717) is 55.8 Å². The molecule has 0 unspecified atom stereocenters. The van der Waals surface area contributed by atoms with Crippen LogP contribution in [0, 0.1) is 5.92 Å². The SMILES string of the molecule is O=C(NCCc1cc(Cl)c2c(c1)OCCO2)[C@@H]1CCCN(C(=O)c2cccs2)C1. The zero-order chi connectivity index (χ0) is 20.2. The summed E-state index contributed by atoms with van der Waals surface area (Å²) >= 11 is 7.70. The summed E-state index contributed by atoms with van der Waals surface area (Å²) in [6, 6.07) is 7.46. The van der Waals surface area contributed by atoms with Gasteiger partial charge in [0.2, 0.25) is 5.91 Å². The monoisotopic (exact) mass is 434 g/mol. The van der Waals surface area contributed by atoms with Gasteiger partial charge in [-0.3, -0.25) is 9.59 Å². The van der Waals surface area contributed by atoms with Gasteiger partial charge in [-0.15, -0.1) is 11.3 Å². The molecule has 29 heavy (non-hydrogen) atoms. The van der Waals surface area contributed by atoms with Crippen molar-refractivity contribution in [2.24, 2.45) is 5.92 Å². The summed E-state index contributed by atoms with van der Waals surface area (Å²) in [4.78, 5) is 27.7. The number of likely N-dealkylation sites (tertiary alicyclic amines) is 1. The predicted octanol–water partition coefficient (Wildman–Crippen LogP) is 3.38. The number of halogens is 1. The van der Waals surface area contributed by atoms with Gasteiger partial charge in [-0.25, -0.2) is 0 Å². The summed E-state index contributed by atoms with van der Waals surface area (Å²) in [6.07, 6.45) is 2.29. The van der Waals surface area contributed by atoms with Crippen molar-refractivity contribution in [3.63, 3.8) is 0 Å². The molecule has 0 bridgehead atoms. The number of benzene rings is 1. The van der Waals surface area contributed by atoms with E-state index in [1.165, 1.54) is 11.3 Å². The largest absolute Gasteiger partial charge is 0.486 e. The van der Waals surface area contributed by atoms with Crippen LogP contribution in [0.2, 0.25) is 5.02 Å². The average Bonchev–Trinajstić information content (AvgIpc) is 3.28. The zero-order valence-corrected chi connectivity index (χ0v) is 17.6. The number of hydrogen-bond acceptors (Lipinski definition) is 5. The molecular weight excluding hydrogens is 412 g/mol. The van der Waals surface area contributed by atoms with E-state index in [0.717, 1.165) is 23.3 Å². The zero-order valence-electron chi connectivity index (χ0n) is 16.0. The van der Waals surface area contributed by atoms with Crippen molar-refractivity contribution >= 4 is 34.8 Å². The van der Waals surface area contributed by atoms with Gasteiger partial charge in [0.15, 0.2) is 11.5 Å². The summed E-state index contributed by atoms with van der Waals surface area (Å²) in [6.45, 7) is 2.68. The Morgan fingerprint density at radius 2 is 2.14 bits per heavy atom. The van der Waals surface area contributed by atoms with Gasteiger partial charge in [0.05, 0.1) is 15.8 Å². The lowest BCUT2D eigenvalue weighted by Crippen LogP contribution is -2.45. The van der Waals surface area contributed by atoms with Crippen LogP contribution in [0.25, 0.3) is 0 Å². The molecule has 6 nitrogen and oxygen atoms in total. The molecule has 3 heterocycles. The van der Waals surface area contributed by atoms with E-state index >= 15 is 0 Å². The van der Waals surface area contributed by atoms with Gasteiger partial charge in [0.1, 0.15) is 13.2 Å². The Hall–Kier alpha value is -2.25. The molecular formula is C21H23ClN2O4S. The molecule has 1 aromatic heterocycles. The molecule has 154 valence electrons. The number of carbonyl (C=O) groups excluding carboxylic acids is 2. The van der Waals surface area contributed by atoms with Crippen molar-refractivity contribution in [3.05, 3.63) is 45.1 Å². The van der Waals surface area contributed by atoms with Crippen LogP contribution in [0.15, 0.2) is 29.6 Å². The van der Waals surface area contributed by atoms with Crippen LogP contribution in [0.4, 0.5) is 0 Å². The highest BCUT2D eigenvalue weighted by atomic mass is 35.5. The van der Waals surface area contributed by atoms with Gasteiger partial charge >= 0.3 is 0 Å². The smallest absolute Gasteiger partial charge is 0.263 e. The van der Waals surface area contributed by atoms with Crippen LogP contribution < -0.4 is 14.8 Å². The number of thiophene rings is 1. The number of nitrogens with zero attached hydrogens (tertiary/aromatic N) is 1. The highest BCUT2D eigenvalue weighted by molar-refractivity contribution is 7.12. The summed E-state index contributed by atoms with van der Waals surface area (Å²) in [5, 5.41) is 5.43.